The number of anilines is 2. The van der Waals surface area contributed by atoms with Crippen LogP contribution in [0.1, 0.15) is 18.4 Å². The summed E-state index contributed by atoms with van der Waals surface area (Å²) in [6, 6.07) is 21.8. The third-order valence-electron chi connectivity index (χ3n) is 6.58. The maximum Gasteiger partial charge on any atom is 0.307 e. The van der Waals surface area contributed by atoms with Crippen molar-refractivity contribution < 1.29 is 9.13 Å². The van der Waals surface area contributed by atoms with Crippen LogP contribution in [0.4, 0.5) is 11.5 Å². The number of nitrogens with two attached hydrogens (primary N) is 1. The molecule has 3 aromatic heterocycles. The first-order valence-electron chi connectivity index (χ1n) is 11.7. The Labute approximate surface area is 198 Å². The highest BCUT2D eigenvalue weighted by atomic mass is 15.1. The summed E-state index contributed by atoms with van der Waals surface area (Å²) in [5.74, 6) is 0.461. The van der Waals surface area contributed by atoms with Crippen LogP contribution in [0.3, 0.4) is 0 Å². The zero-order valence-electron chi connectivity index (χ0n) is 18.9. The molecular formula is C27H27N7+2. The first kappa shape index (κ1) is 20.4. The average molecular weight is 450 g/mol. The van der Waals surface area contributed by atoms with E-state index in [1.54, 1.807) is 0 Å². The van der Waals surface area contributed by atoms with Crippen molar-refractivity contribution in [2.45, 2.75) is 19.4 Å². The van der Waals surface area contributed by atoms with Crippen molar-refractivity contribution in [2.24, 2.45) is 0 Å². The topological polar surface area (TPSA) is 78.6 Å². The fourth-order valence-corrected chi connectivity index (χ4v) is 4.67. The number of nitrogen functional groups attached to an aromatic ring is 1. The zero-order valence-corrected chi connectivity index (χ0v) is 18.9. The maximum atomic E-state index is 5.93. The lowest BCUT2D eigenvalue weighted by Crippen LogP contribution is -2.33. The Bertz CT molecular complexity index is 1420. The van der Waals surface area contributed by atoms with Gasteiger partial charge in [0.25, 0.3) is 0 Å². The number of benzene rings is 2. The predicted octanol–water partition coefficient (Wildman–Crippen LogP) is 3.42. The fraction of sp³-hybridized carbons (Fsp3) is 0.185. The molecule has 7 nitrogen and oxygen atoms in total. The minimum Gasteiger partial charge on any atom is -0.380 e. The van der Waals surface area contributed by atoms with Gasteiger partial charge >= 0.3 is 5.65 Å². The first-order chi connectivity index (χ1) is 16.7. The molecule has 0 radical (unpaired) electrons. The van der Waals surface area contributed by atoms with Crippen LogP contribution in [-0.2, 0) is 6.54 Å². The van der Waals surface area contributed by atoms with E-state index < -0.39 is 0 Å². The van der Waals surface area contributed by atoms with Crippen molar-refractivity contribution in [1.82, 2.24) is 15.0 Å². The van der Waals surface area contributed by atoms with Crippen LogP contribution in [0.2, 0.25) is 0 Å². The average Bonchev–Trinajstić information content (AvgIpc) is 3.57. The van der Waals surface area contributed by atoms with Gasteiger partial charge in [0.1, 0.15) is 0 Å². The molecule has 1 fully saturated rings. The molecule has 0 amide bonds. The second-order valence-electron chi connectivity index (χ2n) is 8.76. The van der Waals surface area contributed by atoms with Gasteiger partial charge in [-0.2, -0.15) is 9.55 Å². The van der Waals surface area contributed by atoms with Crippen LogP contribution >= 0.6 is 0 Å². The molecule has 0 aliphatic carbocycles. The number of imidazole rings is 1. The van der Waals surface area contributed by atoms with Crippen molar-refractivity contribution in [3.8, 4) is 16.8 Å². The second kappa shape index (κ2) is 8.59. The Balaban J connectivity index is 1.17. The molecule has 4 heterocycles. The van der Waals surface area contributed by atoms with E-state index in [1.807, 2.05) is 10.9 Å². The van der Waals surface area contributed by atoms with Crippen LogP contribution in [0.25, 0.3) is 28.0 Å². The van der Waals surface area contributed by atoms with E-state index in [9.17, 15) is 0 Å². The molecule has 0 spiro atoms. The van der Waals surface area contributed by atoms with Crippen LogP contribution in [-0.4, -0.2) is 28.0 Å². The molecule has 2 aromatic carbocycles. The molecule has 0 bridgehead atoms. The zero-order chi connectivity index (χ0) is 22.9. The van der Waals surface area contributed by atoms with Crippen molar-refractivity contribution in [3.63, 3.8) is 0 Å². The molecule has 5 aromatic rings. The summed E-state index contributed by atoms with van der Waals surface area (Å²) in [4.78, 5) is 14.0. The number of nitrogens with one attached hydrogen (secondary N) is 1. The van der Waals surface area contributed by atoms with Gasteiger partial charge in [0.15, 0.2) is 30.9 Å². The van der Waals surface area contributed by atoms with Crippen LogP contribution in [0.15, 0.2) is 85.7 Å². The van der Waals surface area contributed by atoms with Gasteiger partial charge in [-0.15, -0.1) is 0 Å². The molecule has 3 N–H and O–H groups in total. The molecule has 168 valence electrons. The minimum absolute atomic E-state index is 0.461. The van der Waals surface area contributed by atoms with Gasteiger partial charge in [0, 0.05) is 43.0 Å². The molecule has 0 saturated carbocycles. The summed E-state index contributed by atoms with van der Waals surface area (Å²) >= 11 is 0. The number of hydrogen-bond donors (Lipinski definition) is 2. The van der Waals surface area contributed by atoms with E-state index in [1.165, 1.54) is 54.6 Å². The number of aromatic nitrogens is 5. The Hall–Kier alpha value is -4.26. The number of aromatic amines is 1. The monoisotopic (exact) mass is 449 g/mol. The predicted molar refractivity (Wildman–Crippen MR) is 132 cm³/mol. The largest absolute Gasteiger partial charge is 0.380 e. The third-order valence-corrected chi connectivity index (χ3v) is 6.58. The van der Waals surface area contributed by atoms with E-state index >= 15 is 0 Å². The van der Waals surface area contributed by atoms with Gasteiger partial charge in [-0.1, -0.05) is 29.2 Å². The number of hydrogen-bond acceptors (Lipinski definition) is 4. The van der Waals surface area contributed by atoms with Gasteiger partial charge in [-0.3, -0.25) is 4.98 Å². The van der Waals surface area contributed by atoms with Crippen molar-refractivity contribution in [2.75, 3.05) is 23.7 Å². The normalized spacial score (nSPS) is 13.6. The van der Waals surface area contributed by atoms with Gasteiger partial charge in [-0.05, 0) is 41.7 Å². The summed E-state index contributed by atoms with van der Waals surface area (Å²) in [6.45, 7) is 3.04. The fourth-order valence-electron chi connectivity index (χ4n) is 4.67. The Morgan fingerprint density at radius 1 is 0.853 bits per heavy atom. The Morgan fingerprint density at radius 2 is 1.53 bits per heavy atom. The van der Waals surface area contributed by atoms with Gasteiger partial charge < -0.3 is 10.6 Å². The summed E-state index contributed by atoms with van der Waals surface area (Å²) in [5, 5.41) is 0. The van der Waals surface area contributed by atoms with Gasteiger partial charge in [0.2, 0.25) is 11.2 Å². The van der Waals surface area contributed by atoms with E-state index in [0.29, 0.717) is 12.4 Å². The molecular weight excluding hydrogens is 422 g/mol. The molecule has 1 aliphatic heterocycles. The van der Waals surface area contributed by atoms with Gasteiger partial charge in [0.05, 0.1) is 6.54 Å². The lowest BCUT2D eigenvalue weighted by molar-refractivity contribution is -0.664. The number of nitrogens with zero attached hydrogens (tertiary/aromatic N) is 5. The first-order valence-corrected chi connectivity index (χ1v) is 11.7. The molecule has 1 aliphatic rings. The summed E-state index contributed by atoms with van der Waals surface area (Å²) < 4.78 is 4.21. The minimum atomic E-state index is 0.461. The van der Waals surface area contributed by atoms with Crippen LogP contribution in [0.5, 0.6) is 0 Å². The summed E-state index contributed by atoms with van der Waals surface area (Å²) in [5.41, 5.74) is 13.6. The number of rotatable bonds is 5. The molecule has 6 rings (SSSR count). The lowest BCUT2D eigenvalue weighted by atomic mass is 10.0. The standard InChI is InChI=1S/C27H26N7/c28-26-25-27(30-18-29-26)34(19-31-25)17-20-3-5-21(6-4-20)22-7-9-23(10-8-22)33-15-11-24(12-16-33)32-13-1-2-14-32/h3-12,15-16,18-19H,1-2,13-14,17H2,(H2,28,29,30)/q+1/p+1. The number of fused-ring (bicyclic) bond motifs is 1. The summed E-state index contributed by atoms with van der Waals surface area (Å²) in [7, 11) is 0. The van der Waals surface area contributed by atoms with Crippen molar-refractivity contribution in [1.29, 1.82) is 0 Å². The highest BCUT2D eigenvalue weighted by Gasteiger charge is 2.16. The summed E-state index contributed by atoms with van der Waals surface area (Å²) in [6.07, 6.45) is 10.3. The number of H-pyrrole nitrogens is 1. The Kier molecular flexibility index (Phi) is 5.14. The smallest absolute Gasteiger partial charge is 0.307 e. The van der Waals surface area contributed by atoms with Crippen molar-refractivity contribution in [3.05, 3.63) is 91.3 Å². The van der Waals surface area contributed by atoms with E-state index in [2.05, 4.69) is 97.5 Å². The SMILES string of the molecule is Nc1ncnc2c1[nH]c[n+]2Cc1ccc(-c2ccc(-[n+]3ccc(N4CCCC4)cc3)cc2)cc1. The molecule has 34 heavy (non-hydrogen) atoms. The van der Waals surface area contributed by atoms with E-state index in [4.69, 9.17) is 5.73 Å². The maximum absolute atomic E-state index is 5.93. The lowest BCUT2D eigenvalue weighted by Gasteiger charge is -2.16. The highest BCUT2D eigenvalue weighted by molar-refractivity contribution is 5.78. The van der Waals surface area contributed by atoms with Gasteiger partial charge in [-0.25, -0.2) is 4.57 Å². The molecule has 0 unspecified atom stereocenters. The van der Waals surface area contributed by atoms with E-state index in [0.717, 1.165) is 16.9 Å². The molecule has 0 atom stereocenters. The number of pyridine rings is 1. The quantitative estimate of drug-likeness (QED) is 0.403. The molecule has 1 saturated heterocycles. The van der Waals surface area contributed by atoms with Crippen LogP contribution < -0.4 is 19.8 Å². The highest BCUT2D eigenvalue weighted by Crippen LogP contribution is 2.22. The second-order valence-corrected chi connectivity index (χ2v) is 8.76. The van der Waals surface area contributed by atoms with Crippen LogP contribution in [0, 0.1) is 0 Å². The van der Waals surface area contributed by atoms with E-state index in [-0.39, 0.29) is 0 Å². The Morgan fingerprint density at radius 3 is 2.24 bits per heavy atom. The molecule has 7 heteroatoms. The van der Waals surface area contributed by atoms with Crippen molar-refractivity contribution >= 4 is 22.7 Å². The third kappa shape index (κ3) is 3.85.